The van der Waals surface area contributed by atoms with Gasteiger partial charge in [0.05, 0.1) is 23.4 Å². The van der Waals surface area contributed by atoms with Gasteiger partial charge in [-0.05, 0) is 67.7 Å². The molecule has 0 N–H and O–H groups in total. The molecule has 6 aliphatic rings. The number of imide groups is 1. The highest BCUT2D eigenvalue weighted by molar-refractivity contribution is 6.22. The van der Waals surface area contributed by atoms with Gasteiger partial charge in [-0.1, -0.05) is 35.9 Å². The highest BCUT2D eigenvalue weighted by Crippen LogP contribution is 2.65. The molecule has 0 aromatic heterocycles. The van der Waals surface area contributed by atoms with Crippen LogP contribution in [-0.4, -0.2) is 30.2 Å². The fraction of sp³-hybridized carbons (Fsp3) is 0.400. The molecule has 2 aromatic rings. The summed E-state index contributed by atoms with van der Waals surface area (Å²) in [6.07, 6.45) is 5.50. The maximum atomic E-state index is 13.4. The van der Waals surface area contributed by atoms with Crippen LogP contribution in [0.5, 0.6) is 5.75 Å². The first-order valence-electron chi connectivity index (χ1n) is 13.1. The number of anilines is 2. The molecule has 2 aromatic carbocycles. The molecule has 2 saturated carbocycles. The van der Waals surface area contributed by atoms with Gasteiger partial charge in [-0.2, -0.15) is 0 Å². The predicted octanol–water partition coefficient (Wildman–Crippen LogP) is 3.82. The number of hydrogen-bond donors (Lipinski definition) is 0. The Bertz CT molecular complexity index is 1380. The zero-order valence-electron chi connectivity index (χ0n) is 20.8. The molecule has 2 heterocycles. The molecule has 7 heteroatoms. The molecule has 0 spiro atoms. The van der Waals surface area contributed by atoms with E-state index >= 15 is 0 Å². The van der Waals surface area contributed by atoms with Crippen molar-refractivity contribution in [1.82, 2.24) is 0 Å². The topological polar surface area (TPSA) is 84.0 Å². The molecule has 3 amide bonds. The molecule has 4 aliphatic carbocycles. The lowest BCUT2D eigenvalue weighted by Gasteiger charge is -2.37. The number of amides is 3. The summed E-state index contributed by atoms with van der Waals surface area (Å²) < 4.78 is 5.67. The lowest BCUT2D eigenvalue weighted by Crippen LogP contribution is -2.40. The molecule has 4 fully saturated rings. The first-order chi connectivity index (χ1) is 17.8. The standard InChI is InChI=1S/C30H28N2O5/c1-15-6-9-24(16(2)10-15)31-14-17(11-25(31)33)30(36)37-19-5-3-4-18(12-19)32-28(34)26-20-7-8-21(23-13-22(20)23)27(26)29(32)35/h3-10,12,17,20-23,26-27H,11,13-14H2,1-2H3/t17-,20+,21+,22-,23+,26-,27-/m1/s1. The molecule has 188 valence electrons. The lowest BCUT2D eigenvalue weighted by molar-refractivity contribution is -0.139. The van der Waals surface area contributed by atoms with Gasteiger partial charge in [-0.3, -0.25) is 19.2 Å². The van der Waals surface area contributed by atoms with Crippen LogP contribution < -0.4 is 14.5 Å². The summed E-state index contributed by atoms with van der Waals surface area (Å²) in [7, 11) is 0. The number of aryl methyl sites for hydroxylation is 2. The number of hydrogen-bond acceptors (Lipinski definition) is 5. The monoisotopic (exact) mass is 496 g/mol. The quantitative estimate of drug-likeness (QED) is 0.278. The Hall–Kier alpha value is -3.74. The van der Waals surface area contributed by atoms with Crippen LogP contribution in [0.3, 0.4) is 0 Å². The van der Waals surface area contributed by atoms with Crippen LogP contribution in [0.15, 0.2) is 54.6 Å². The van der Waals surface area contributed by atoms with Crippen molar-refractivity contribution < 1.29 is 23.9 Å². The van der Waals surface area contributed by atoms with Crippen LogP contribution in [0.1, 0.15) is 24.0 Å². The van der Waals surface area contributed by atoms with E-state index in [1.807, 2.05) is 32.0 Å². The van der Waals surface area contributed by atoms with E-state index in [4.69, 9.17) is 4.74 Å². The van der Waals surface area contributed by atoms with Gasteiger partial charge >= 0.3 is 5.97 Å². The van der Waals surface area contributed by atoms with Crippen molar-refractivity contribution in [1.29, 1.82) is 0 Å². The van der Waals surface area contributed by atoms with Gasteiger partial charge in [0, 0.05) is 24.7 Å². The van der Waals surface area contributed by atoms with Crippen LogP contribution >= 0.6 is 0 Å². The number of esters is 1. The molecule has 7 atom stereocenters. The minimum atomic E-state index is -0.594. The zero-order chi connectivity index (χ0) is 25.6. The molecule has 2 bridgehead atoms. The summed E-state index contributed by atoms with van der Waals surface area (Å²) in [6, 6.07) is 12.5. The van der Waals surface area contributed by atoms with Crippen molar-refractivity contribution in [3.63, 3.8) is 0 Å². The van der Waals surface area contributed by atoms with Crippen molar-refractivity contribution in [2.24, 2.45) is 41.4 Å². The number of benzene rings is 2. The van der Waals surface area contributed by atoms with E-state index in [-0.39, 0.29) is 60.1 Å². The van der Waals surface area contributed by atoms with Crippen molar-refractivity contribution in [2.75, 3.05) is 16.3 Å². The Labute approximate surface area is 215 Å². The molecule has 2 saturated heterocycles. The van der Waals surface area contributed by atoms with Crippen molar-refractivity contribution >= 4 is 35.1 Å². The summed E-state index contributed by atoms with van der Waals surface area (Å²) >= 11 is 0. The third-order valence-corrected chi connectivity index (χ3v) is 9.06. The average molecular weight is 497 g/mol. The summed E-state index contributed by atoms with van der Waals surface area (Å²) in [5.41, 5.74) is 3.33. The largest absolute Gasteiger partial charge is 0.426 e. The molecule has 2 aliphatic heterocycles. The molecule has 37 heavy (non-hydrogen) atoms. The van der Waals surface area contributed by atoms with Crippen LogP contribution in [0.2, 0.25) is 0 Å². The van der Waals surface area contributed by atoms with E-state index in [9.17, 15) is 19.2 Å². The molecular weight excluding hydrogens is 468 g/mol. The second kappa shape index (κ2) is 7.88. The number of allylic oxidation sites excluding steroid dienone is 2. The second-order valence-electron chi connectivity index (χ2n) is 11.3. The van der Waals surface area contributed by atoms with E-state index in [1.54, 1.807) is 29.2 Å². The molecule has 7 nitrogen and oxygen atoms in total. The zero-order valence-corrected chi connectivity index (χ0v) is 20.8. The lowest BCUT2D eigenvalue weighted by atomic mass is 9.63. The summed E-state index contributed by atoms with van der Waals surface area (Å²) in [4.78, 5) is 55.5. The van der Waals surface area contributed by atoms with E-state index in [0.29, 0.717) is 17.5 Å². The fourth-order valence-corrected chi connectivity index (χ4v) is 7.30. The number of carbonyl (C=O) groups is 4. The maximum absolute atomic E-state index is 13.4. The van der Waals surface area contributed by atoms with E-state index in [0.717, 1.165) is 23.2 Å². The van der Waals surface area contributed by atoms with E-state index < -0.39 is 11.9 Å². The Balaban J connectivity index is 1.08. The van der Waals surface area contributed by atoms with Gasteiger partial charge in [-0.25, -0.2) is 4.90 Å². The summed E-state index contributed by atoms with van der Waals surface area (Å²) in [6.45, 7) is 4.21. The van der Waals surface area contributed by atoms with Gasteiger partial charge < -0.3 is 9.64 Å². The molecule has 8 rings (SSSR count). The minimum absolute atomic E-state index is 0.0798. The third kappa shape index (κ3) is 3.32. The van der Waals surface area contributed by atoms with Gasteiger partial charge in [-0.15, -0.1) is 0 Å². The molecular formula is C30H28N2O5. The van der Waals surface area contributed by atoms with E-state index in [2.05, 4.69) is 12.2 Å². The molecule has 0 radical (unpaired) electrons. The number of rotatable bonds is 4. The second-order valence-corrected chi connectivity index (χ2v) is 11.3. The van der Waals surface area contributed by atoms with Crippen molar-refractivity contribution in [3.05, 3.63) is 65.7 Å². The van der Waals surface area contributed by atoms with Gasteiger partial charge in [0.1, 0.15) is 5.75 Å². The SMILES string of the molecule is Cc1ccc(N2C[C@H](C(=O)Oc3cccc(N4C(=O)[C@@H]5[C@H]6C=C[C@@H]([C@@H]7C[C@H]67)[C@H]5C4=O)c3)CC2=O)c(C)c1. The number of nitrogens with zero attached hydrogens (tertiary/aromatic N) is 2. The Morgan fingerprint density at radius 2 is 1.62 bits per heavy atom. The third-order valence-electron chi connectivity index (χ3n) is 9.06. The van der Waals surface area contributed by atoms with E-state index in [1.165, 1.54) is 4.90 Å². The van der Waals surface area contributed by atoms with Crippen LogP contribution in [0.25, 0.3) is 0 Å². The summed E-state index contributed by atoms with van der Waals surface area (Å²) in [5, 5.41) is 0. The van der Waals surface area contributed by atoms with Crippen LogP contribution in [-0.2, 0) is 19.2 Å². The average Bonchev–Trinajstić information content (AvgIpc) is 3.55. The van der Waals surface area contributed by atoms with Gasteiger partial charge in [0.15, 0.2) is 0 Å². The first-order valence-corrected chi connectivity index (χ1v) is 13.1. The first kappa shape index (κ1) is 22.5. The van der Waals surface area contributed by atoms with Crippen LogP contribution in [0.4, 0.5) is 11.4 Å². The Kier molecular flexibility index (Phi) is 4.78. The smallest absolute Gasteiger partial charge is 0.316 e. The maximum Gasteiger partial charge on any atom is 0.316 e. The minimum Gasteiger partial charge on any atom is -0.426 e. The highest BCUT2D eigenvalue weighted by atomic mass is 16.5. The molecule has 0 unspecified atom stereocenters. The van der Waals surface area contributed by atoms with Crippen LogP contribution in [0, 0.1) is 55.3 Å². The number of carbonyl (C=O) groups excluding carboxylic acids is 4. The van der Waals surface area contributed by atoms with Crippen molar-refractivity contribution in [3.8, 4) is 5.75 Å². The normalized spacial score (nSPS) is 33.1. The Morgan fingerprint density at radius 3 is 2.30 bits per heavy atom. The Morgan fingerprint density at radius 1 is 0.919 bits per heavy atom. The highest BCUT2D eigenvalue weighted by Gasteiger charge is 2.67. The van der Waals surface area contributed by atoms with Gasteiger partial charge in [0.2, 0.25) is 17.7 Å². The van der Waals surface area contributed by atoms with Gasteiger partial charge in [0.25, 0.3) is 0 Å². The van der Waals surface area contributed by atoms with Crippen molar-refractivity contribution in [2.45, 2.75) is 26.7 Å². The predicted molar refractivity (Wildman–Crippen MR) is 136 cm³/mol. The summed E-state index contributed by atoms with van der Waals surface area (Å²) in [5.74, 6) is -0.394. The number of ether oxygens (including phenoxy) is 1. The fourth-order valence-electron chi connectivity index (χ4n) is 7.30.